The third kappa shape index (κ3) is 7.12. The highest BCUT2D eigenvalue weighted by Gasteiger charge is 2.65. The monoisotopic (exact) mass is 720 g/mol. The van der Waals surface area contributed by atoms with Crippen LogP contribution in [0, 0.1) is 45.3 Å². The van der Waals surface area contributed by atoms with Crippen molar-refractivity contribution in [3.05, 3.63) is 12.7 Å². The number of ether oxygens (including phenoxy) is 3. The Labute approximate surface area is 303 Å². The minimum Gasteiger partial charge on any atom is -0.481 e. The lowest BCUT2D eigenvalue weighted by molar-refractivity contribution is -0.284. The molecule has 0 spiro atoms. The maximum Gasteiger partial charge on any atom is 0.311 e. The Morgan fingerprint density at radius 2 is 1.20 bits per heavy atom. The molecule has 2 aliphatic heterocycles. The molecule has 0 aromatic carbocycles. The van der Waals surface area contributed by atoms with Gasteiger partial charge in [-0.2, -0.15) is 0 Å². The molecule has 0 radical (unpaired) electrons. The van der Waals surface area contributed by atoms with Crippen molar-refractivity contribution in [3.63, 3.8) is 0 Å². The van der Waals surface area contributed by atoms with Crippen LogP contribution in [0.25, 0.3) is 0 Å². The molecule has 11 heteroatoms. The van der Waals surface area contributed by atoms with Crippen molar-refractivity contribution in [2.24, 2.45) is 45.3 Å². The van der Waals surface area contributed by atoms with E-state index in [1.807, 2.05) is 33.8 Å². The Bertz CT molecular complexity index is 1410. The van der Waals surface area contributed by atoms with E-state index < -0.39 is 80.0 Å². The summed E-state index contributed by atoms with van der Waals surface area (Å²) in [7, 11) is 0. The number of carboxylic acid groups (broad SMARTS) is 3. The van der Waals surface area contributed by atoms with Gasteiger partial charge in [0, 0.05) is 0 Å². The Morgan fingerprint density at radius 3 is 1.65 bits per heavy atom. The van der Waals surface area contributed by atoms with Crippen LogP contribution >= 0.6 is 0 Å². The summed E-state index contributed by atoms with van der Waals surface area (Å²) in [5.74, 6) is -4.56. The molecule has 4 fully saturated rings. The van der Waals surface area contributed by atoms with Crippen LogP contribution in [0.1, 0.15) is 133 Å². The van der Waals surface area contributed by atoms with Crippen molar-refractivity contribution < 1.29 is 53.8 Å². The predicted molar refractivity (Wildman–Crippen MR) is 190 cm³/mol. The number of carbonyl (C=O) groups is 4. The van der Waals surface area contributed by atoms with Crippen molar-refractivity contribution >= 4 is 23.9 Å². The highest BCUT2D eigenvalue weighted by atomic mass is 16.6. The minimum absolute atomic E-state index is 0.114. The van der Waals surface area contributed by atoms with Crippen molar-refractivity contribution in [2.45, 2.75) is 162 Å². The first kappa shape index (κ1) is 41.3. The fourth-order valence-corrected chi connectivity index (χ4v) is 12.0. The summed E-state index contributed by atoms with van der Waals surface area (Å²) in [5.41, 5.74) is -6.94. The molecule has 4 rings (SSSR count). The second-order valence-electron chi connectivity index (χ2n) is 19.0. The fraction of sp³-hybridized carbons (Fsp3) is 0.850. The van der Waals surface area contributed by atoms with Gasteiger partial charge in [0.25, 0.3) is 0 Å². The van der Waals surface area contributed by atoms with Crippen LogP contribution in [0.15, 0.2) is 12.7 Å². The quantitative estimate of drug-likeness (QED) is 0.122. The zero-order valence-corrected chi connectivity index (χ0v) is 32.6. The number of hydrogen-bond donors (Lipinski definition) is 4. The van der Waals surface area contributed by atoms with E-state index in [9.17, 15) is 39.6 Å². The second kappa shape index (κ2) is 13.4. The SMILES string of the molecule is C=C[C@@]1(C)CC[C@H]2[C@](C)(CC(=O)O)[C@@H](C(C)(C)C(=O)OC[C@@H](O)[C@@]3(C)CC[C@H]4[C@](C)(CC(=O)O)[C@@H](C(C)(C)C(=O)O)CC[C@]4(C)O3)CC[C@]2(C)O1. The van der Waals surface area contributed by atoms with Gasteiger partial charge in [0.15, 0.2) is 0 Å². The molecule has 2 saturated carbocycles. The van der Waals surface area contributed by atoms with Gasteiger partial charge in [-0.1, -0.05) is 19.9 Å². The lowest BCUT2D eigenvalue weighted by Gasteiger charge is -2.63. The zero-order chi connectivity index (χ0) is 38.8. The van der Waals surface area contributed by atoms with Crippen LogP contribution in [0.4, 0.5) is 0 Å². The van der Waals surface area contributed by atoms with E-state index in [4.69, 9.17) is 14.2 Å². The first-order valence-corrected chi connectivity index (χ1v) is 18.7. The van der Waals surface area contributed by atoms with Crippen LogP contribution < -0.4 is 0 Å². The molecule has 0 amide bonds. The first-order valence-electron chi connectivity index (χ1n) is 18.7. The molecule has 2 heterocycles. The molecule has 51 heavy (non-hydrogen) atoms. The van der Waals surface area contributed by atoms with Crippen molar-refractivity contribution in [2.75, 3.05) is 6.61 Å². The molecular weight excluding hydrogens is 656 g/mol. The van der Waals surface area contributed by atoms with Crippen LogP contribution in [0.2, 0.25) is 0 Å². The van der Waals surface area contributed by atoms with Crippen molar-refractivity contribution in [1.82, 2.24) is 0 Å². The van der Waals surface area contributed by atoms with E-state index in [1.54, 1.807) is 34.6 Å². The number of aliphatic carboxylic acids is 3. The first-order chi connectivity index (χ1) is 23.2. The average molecular weight is 721 g/mol. The Hall–Kier alpha value is -2.50. The average Bonchev–Trinajstić information content (AvgIpc) is 2.97. The molecular formula is C40H64O11. The van der Waals surface area contributed by atoms with Gasteiger partial charge in [-0.25, -0.2) is 0 Å². The number of aliphatic hydroxyl groups is 1. The van der Waals surface area contributed by atoms with Crippen molar-refractivity contribution in [1.29, 1.82) is 0 Å². The Balaban J connectivity index is 1.52. The smallest absolute Gasteiger partial charge is 0.311 e. The summed E-state index contributed by atoms with van der Waals surface area (Å²) >= 11 is 0. The van der Waals surface area contributed by atoms with Gasteiger partial charge < -0.3 is 34.6 Å². The van der Waals surface area contributed by atoms with Gasteiger partial charge in [0.2, 0.25) is 0 Å². The van der Waals surface area contributed by atoms with E-state index in [2.05, 4.69) is 13.5 Å². The van der Waals surface area contributed by atoms with Crippen LogP contribution in [0.5, 0.6) is 0 Å². The molecule has 2 saturated heterocycles. The normalized spacial score (nSPS) is 42.1. The molecule has 11 nitrogen and oxygen atoms in total. The maximum atomic E-state index is 14.0. The molecule has 4 N–H and O–H groups in total. The van der Waals surface area contributed by atoms with Crippen LogP contribution in [-0.4, -0.2) is 79.4 Å². The number of fused-ring (bicyclic) bond motifs is 2. The van der Waals surface area contributed by atoms with Gasteiger partial charge in [0.1, 0.15) is 12.7 Å². The van der Waals surface area contributed by atoms with Gasteiger partial charge in [-0.05, 0) is 141 Å². The summed E-state index contributed by atoms with van der Waals surface area (Å²) in [4.78, 5) is 50.9. The standard InChI is InChI=1S/C40H64O11/c1-12-35(6)17-13-26-37(8,22-30(44)45)25(15-18-38(26,9)50-35)34(4,5)32(48)49-23-28(41)40(11)20-16-27-36(7,21-29(42)43)24(33(2,3)31(46)47)14-19-39(27,10)51-40/h12,24-28,41H,1,13-23H2,2-11H3,(H,42,43)(H,44,45)(H,46,47)/t24-,25-,26+,27+,28-,35+,36-,37-,38+,39+,40-/m1/s1. The molecule has 0 unspecified atom stereocenters. The summed E-state index contributed by atoms with van der Waals surface area (Å²) in [6.07, 6.45) is 4.73. The topological polar surface area (TPSA) is 177 Å². The second-order valence-corrected chi connectivity index (χ2v) is 19.0. The number of esters is 1. The summed E-state index contributed by atoms with van der Waals surface area (Å²) in [6.45, 7) is 22.2. The Kier molecular flexibility index (Phi) is 10.9. The molecule has 11 atom stereocenters. The molecule has 290 valence electrons. The lowest BCUT2D eigenvalue weighted by atomic mass is 9.47. The van der Waals surface area contributed by atoms with Crippen LogP contribution in [-0.2, 0) is 33.4 Å². The highest BCUT2D eigenvalue weighted by molar-refractivity contribution is 5.77. The number of carbonyl (C=O) groups excluding carboxylic acids is 1. The van der Waals surface area contributed by atoms with E-state index >= 15 is 0 Å². The zero-order valence-electron chi connectivity index (χ0n) is 32.6. The van der Waals surface area contributed by atoms with E-state index in [0.717, 1.165) is 6.42 Å². The molecule has 0 aromatic heterocycles. The third-order valence-electron chi connectivity index (χ3n) is 14.7. The summed E-state index contributed by atoms with van der Waals surface area (Å²) < 4.78 is 19.3. The van der Waals surface area contributed by atoms with E-state index in [1.165, 1.54) is 0 Å². The maximum absolute atomic E-state index is 14.0. The Morgan fingerprint density at radius 1 is 0.745 bits per heavy atom. The largest absolute Gasteiger partial charge is 0.481 e. The number of carboxylic acids is 3. The lowest BCUT2D eigenvalue weighted by Crippen LogP contribution is -2.65. The van der Waals surface area contributed by atoms with Gasteiger partial charge >= 0.3 is 23.9 Å². The predicted octanol–water partition coefficient (Wildman–Crippen LogP) is 6.88. The number of rotatable bonds is 12. The summed E-state index contributed by atoms with van der Waals surface area (Å²) in [6, 6.07) is 0. The molecule has 0 bridgehead atoms. The summed E-state index contributed by atoms with van der Waals surface area (Å²) in [5, 5.41) is 41.8. The van der Waals surface area contributed by atoms with Gasteiger partial charge in [0.05, 0.1) is 46.1 Å². The third-order valence-corrected chi connectivity index (χ3v) is 14.7. The van der Waals surface area contributed by atoms with E-state index in [-0.39, 0.29) is 37.2 Å². The van der Waals surface area contributed by atoms with Crippen LogP contribution in [0.3, 0.4) is 0 Å². The number of aliphatic hydroxyl groups excluding tert-OH is 1. The molecule has 2 aliphatic carbocycles. The van der Waals surface area contributed by atoms with Crippen molar-refractivity contribution in [3.8, 4) is 0 Å². The highest BCUT2D eigenvalue weighted by Crippen LogP contribution is 2.64. The molecule has 0 aromatic rings. The van der Waals surface area contributed by atoms with E-state index in [0.29, 0.717) is 44.9 Å². The molecule has 4 aliphatic rings. The number of hydrogen-bond acceptors (Lipinski definition) is 8. The fourth-order valence-electron chi connectivity index (χ4n) is 12.0. The minimum atomic E-state index is -1.20. The van der Waals surface area contributed by atoms with Gasteiger partial charge in [-0.3, -0.25) is 19.2 Å². The van der Waals surface area contributed by atoms with Gasteiger partial charge in [-0.15, -0.1) is 6.58 Å².